The second-order valence-electron chi connectivity index (χ2n) is 6.94. The molecule has 2 aromatic carbocycles. The Morgan fingerprint density at radius 2 is 1.04 bits per heavy atom. The summed E-state index contributed by atoms with van der Waals surface area (Å²) < 4.78 is 22.8. The standard InChI is InChI=1S/C23H32O4/c1-24-19-23(20-25-2,13-15-26-17-21-9-5-3-6-10-21)14-16-27-18-22-11-7-4-8-12-22/h3-12H,13-20H2,1-2H3. The van der Waals surface area contributed by atoms with Crippen molar-refractivity contribution in [3.8, 4) is 0 Å². The van der Waals surface area contributed by atoms with Gasteiger partial charge in [0.15, 0.2) is 0 Å². The van der Waals surface area contributed by atoms with Crippen LogP contribution in [0.2, 0.25) is 0 Å². The van der Waals surface area contributed by atoms with Crippen molar-refractivity contribution >= 4 is 0 Å². The summed E-state index contributed by atoms with van der Waals surface area (Å²) >= 11 is 0. The smallest absolute Gasteiger partial charge is 0.0716 e. The molecule has 0 fully saturated rings. The maximum absolute atomic E-state index is 5.89. The lowest BCUT2D eigenvalue weighted by Crippen LogP contribution is -2.34. The van der Waals surface area contributed by atoms with E-state index in [1.54, 1.807) is 14.2 Å². The molecule has 0 heterocycles. The van der Waals surface area contributed by atoms with Crippen LogP contribution in [-0.2, 0) is 32.2 Å². The topological polar surface area (TPSA) is 36.9 Å². The molecule has 0 saturated heterocycles. The molecule has 0 N–H and O–H groups in total. The summed E-state index contributed by atoms with van der Waals surface area (Å²) in [5.74, 6) is 0. The zero-order valence-electron chi connectivity index (χ0n) is 16.6. The van der Waals surface area contributed by atoms with Crippen LogP contribution in [-0.4, -0.2) is 40.6 Å². The summed E-state index contributed by atoms with van der Waals surface area (Å²) in [6.45, 7) is 3.85. The van der Waals surface area contributed by atoms with Crippen molar-refractivity contribution < 1.29 is 18.9 Å². The van der Waals surface area contributed by atoms with Gasteiger partial charge < -0.3 is 18.9 Å². The van der Waals surface area contributed by atoms with E-state index in [9.17, 15) is 0 Å². The number of hydrogen-bond acceptors (Lipinski definition) is 4. The van der Waals surface area contributed by atoms with Gasteiger partial charge in [-0.05, 0) is 24.0 Å². The number of ether oxygens (including phenoxy) is 4. The van der Waals surface area contributed by atoms with Crippen molar-refractivity contribution in [3.63, 3.8) is 0 Å². The Bertz CT molecular complexity index is 545. The van der Waals surface area contributed by atoms with E-state index in [1.165, 1.54) is 11.1 Å². The van der Waals surface area contributed by atoms with Crippen LogP contribution in [0.4, 0.5) is 0 Å². The highest BCUT2D eigenvalue weighted by Gasteiger charge is 2.30. The lowest BCUT2D eigenvalue weighted by Gasteiger charge is -2.32. The first-order valence-corrected chi connectivity index (χ1v) is 9.49. The third-order valence-electron chi connectivity index (χ3n) is 4.68. The molecule has 0 aliphatic rings. The first-order valence-electron chi connectivity index (χ1n) is 9.49. The minimum absolute atomic E-state index is 0.100. The molecular weight excluding hydrogens is 340 g/mol. The lowest BCUT2D eigenvalue weighted by atomic mass is 9.83. The maximum atomic E-state index is 5.89. The summed E-state index contributed by atoms with van der Waals surface area (Å²) in [5, 5.41) is 0. The summed E-state index contributed by atoms with van der Waals surface area (Å²) in [6, 6.07) is 20.5. The van der Waals surface area contributed by atoms with Crippen LogP contribution in [0.1, 0.15) is 24.0 Å². The predicted octanol–water partition coefficient (Wildman–Crippen LogP) is 4.48. The largest absolute Gasteiger partial charge is 0.384 e. The fourth-order valence-corrected chi connectivity index (χ4v) is 3.17. The number of hydrogen-bond donors (Lipinski definition) is 0. The fourth-order valence-electron chi connectivity index (χ4n) is 3.17. The molecule has 0 saturated carbocycles. The Balaban J connectivity index is 1.79. The van der Waals surface area contributed by atoms with Gasteiger partial charge in [0, 0.05) is 32.8 Å². The van der Waals surface area contributed by atoms with E-state index in [-0.39, 0.29) is 5.41 Å². The first-order chi connectivity index (χ1) is 13.3. The van der Waals surface area contributed by atoms with E-state index in [2.05, 4.69) is 24.3 Å². The highest BCUT2D eigenvalue weighted by atomic mass is 16.5. The van der Waals surface area contributed by atoms with Gasteiger partial charge in [0.2, 0.25) is 0 Å². The normalized spacial score (nSPS) is 11.6. The van der Waals surface area contributed by atoms with Gasteiger partial charge in [-0.25, -0.2) is 0 Å². The van der Waals surface area contributed by atoms with Gasteiger partial charge in [0.25, 0.3) is 0 Å². The SMILES string of the molecule is COCC(CCOCc1ccccc1)(CCOCc1ccccc1)COC. The van der Waals surface area contributed by atoms with Crippen molar-refractivity contribution in [2.75, 3.05) is 40.6 Å². The van der Waals surface area contributed by atoms with E-state index in [4.69, 9.17) is 18.9 Å². The van der Waals surface area contributed by atoms with Crippen LogP contribution < -0.4 is 0 Å². The van der Waals surface area contributed by atoms with Gasteiger partial charge >= 0.3 is 0 Å². The Morgan fingerprint density at radius 1 is 0.630 bits per heavy atom. The molecule has 0 radical (unpaired) electrons. The van der Waals surface area contributed by atoms with E-state index in [1.807, 2.05) is 36.4 Å². The van der Waals surface area contributed by atoms with Gasteiger partial charge in [0.05, 0.1) is 26.4 Å². The van der Waals surface area contributed by atoms with Crippen LogP contribution in [0, 0.1) is 5.41 Å². The van der Waals surface area contributed by atoms with Gasteiger partial charge in [-0.1, -0.05) is 60.7 Å². The third-order valence-corrected chi connectivity index (χ3v) is 4.68. The molecular formula is C23H32O4. The minimum atomic E-state index is -0.100. The molecule has 0 unspecified atom stereocenters. The third kappa shape index (κ3) is 8.22. The van der Waals surface area contributed by atoms with E-state index < -0.39 is 0 Å². The molecule has 2 aromatic rings. The average molecular weight is 373 g/mol. The van der Waals surface area contributed by atoms with Crippen LogP contribution in [0.15, 0.2) is 60.7 Å². The monoisotopic (exact) mass is 372 g/mol. The molecule has 27 heavy (non-hydrogen) atoms. The van der Waals surface area contributed by atoms with Crippen LogP contribution in [0.3, 0.4) is 0 Å². The minimum Gasteiger partial charge on any atom is -0.384 e. The Labute approximate surface area is 163 Å². The van der Waals surface area contributed by atoms with Crippen molar-refractivity contribution in [2.45, 2.75) is 26.1 Å². The van der Waals surface area contributed by atoms with E-state index >= 15 is 0 Å². The molecule has 2 rings (SSSR count). The number of benzene rings is 2. The fraction of sp³-hybridized carbons (Fsp3) is 0.478. The van der Waals surface area contributed by atoms with Crippen molar-refractivity contribution in [3.05, 3.63) is 71.8 Å². The number of rotatable bonds is 14. The second-order valence-corrected chi connectivity index (χ2v) is 6.94. The molecule has 0 aromatic heterocycles. The van der Waals surface area contributed by atoms with Crippen LogP contribution in [0.5, 0.6) is 0 Å². The van der Waals surface area contributed by atoms with Gasteiger partial charge in [-0.3, -0.25) is 0 Å². The summed E-state index contributed by atoms with van der Waals surface area (Å²) in [4.78, 5) is 0. The molecule has 4 heteroatoms. The van der Waals surface area contributed by atoms with Crippen LogP contribution in [0.25, 0.3) is 0 Å². The molecule has 148 valence electrons. The molecule has 0 amide bonds. The van der Waals surface area contributed by atoms with Gasteiger partial charge in [0.1, 0.15) is 0 Å². The van der Waals surface area contributed by atoms with Crippen molar-refractivity contribution in [1.82, 2.24) is 0 Å². The predicted molar refractivity (Wildman–Crippen MR) is 108 cm³/mol. The second kappa shape index (κ2) is 12.6. The summed E-state index contributed by atoms with van der Waals surface area (Å²) in [5.41, 5.74) is 2.28. The lowest BCUT2D eigenvalue weighted by molar-refractivity contribution is -0.0382. The molecule has 0 atom stereocenters. The van der Waals surface area contributed by atoms with Crippen molar-refractivity contribution in [2.24, 2.45) is 5.41 Å². The first kappa shape index (κ1) is 21.6. The van der Waals surface area contributed by atoms with Gasteiger partial charge in [-0.2, -0.15) is 0 Å². The van der Waals surface area contributed by atoms with Gasteiger partial charge in [-0.15, -0.1) is 0 Å². The zero-order valence-corrected chi connectivity index (χ0v) is 16.6. The highest BCUT2D eigenvalue weighted by Crippen LogP contribution is 2.28. The van der Waals surface area contributed by atoms with E-state index in [0.717, 1.165) is 12.8 Å². The quantitative estimate of drug-likeness (QED) is 0.458. The Kier molecular flexibility index (Phi) is 10.1. The maximum Gasteiger partial charge on any atom is 0.0716 e. The Hall–Kier alpha value is -1.72. The number of methoxy groups -OCH3 is 2. The zero-order chi connectivity index (χ0) is 19.2. The summed E-state index contributed by atoms with van der Waals surface area (Å²) in [6.07, 6.45) is 1.74. The summed E-state index contributed by atoms with van der Waals surface area (Å²) in [7, 11) is 3.47. The van der Waals surface area contributed by atoms with Crippen molar-refractivity contribution in [1.29, 1.82) is 0 Å². The molecule has 0 spiro atoms. The molecule has 0 bridgehead atoms. The average Bonchev–Trinajstić information content (AvgIpc) is 2.71. The molecule has 4 nitrogen and oxygen atoms in total. The molecule has 0 aliphatic carbocycles. The highest BCUT2D eigenvalue weighted by molar-refractivity contribution is 5.14. The molecule has 0 aliphatic heterocycles. The van der Waals surface area contributed by atoms with Crippen LogP contribution >= 0.6 is 0 Å². The van der Waals surface area contributed by atoms with E-state index in [0.29, 0.717) is 39.6 Å². The Morgan fingerprint density at radius 3 is 1.41 bits per heavy atom.